The molecule has 0 radical (unpaired) electrons. The Balaban J connectivity index is 1.95. The summed E-state index contributed by atoms with van der Waals surface area (Å²) >= 11 is 10.9. The van der Waals surface area contributed by atoms with Crippen LogP contribution in [-0.4, -0.2) is 69.1 Å². The molecule has 1 aliphatic rings. The first-order valence-electron chi connectivity index (χ1n) is 13.3. The van der Waals surface area contributed by atoms with Gasteiger partial charge in [0.05, 0.1) is 6.61 Å². The lowest BCUT2D eigenvalue weighted by molar-refractivity contribution is -0.258. The van der Waals surface area contributed by atoms with Crippen molar-refractivity contribution in [3.8, 4) is 11.5 Å². The highest BCUT2D eigenvalue weighted by molar-refractivity contribution is 7.80. The summed E-state index contributed by atoms with van der Waals surface area (Å²) in [6, 6.07) is 17.1. The van der Waals surface area contributed by atoms with E-state index >= 15 is 0 Å². The smallest absolute Gasteiger partial charge is 0.358 e. The number of carbonyl (C=O) groups excluding carboxylic acids is 1. The number of nitrogens with one attached hydrogen (secondary N) is 1. The molecule has 2 aromatic rings. The van der Waals surface area contributed by atoms with Crippen LogP contribution in [0.15, 0.2) is 60.7 Å². The van der Waals surface area contributed by atoms with Gasteiger partial charge >= 0.3 is 10.5 Å². The zero-order valence-electron chi connectivity index (χ0n) is 24.4. The maximum atomic E-state index is 12.3. The van der Waals surface area contributed by atoms with Gasteiger partial charge in [-0.15, -0.1) is 0 Å². The average molecular weight is 622 g/mol. The van der Waals surface area contributed by atoms with E-state index < -0.39 is 39.0 Å². The van der Waals surface area contributed by atoms with Crippen LogP contribution in [0.25, 0.3) is 0 Å². The maximum Gasteiger partial charge on any atom is 0.358 e. The first-order valence-corrected chi connectivity index (χ1v) is 17.0. The van der Waals surface area contributed by atoms with E-state index in [1.807, 2.05) is 36.4 Å². The molecule has 1 heterocycles. The van der Waals surface area contributed by atoms with Crippen LogP contribution in [0.1, 0.15) is 27.7 Å². The van der Waals surface area contributed by atoms with Gasteiger partial charge in [0.25, 0.3) is 0 Å². The quantitative estimate of drug-likeness (QED) is 0.291. The molecule has 0 unspecified atom stereocenters. The van der Waals surface area contributed by atoms with Crippen molar-refractivity contribution >= 4 is 49.1 Å². The fraction of sp³-hybridized carbons (Fsp3) is 0.483. The van der Waals surface area contributed by atoms with Gasteiger partial charge in [0.2, 0.25) is 5.91 Å². The molecule has 1 fully saturated rings. The molecule has 0 aliphatic carbocycles. The standard InChI is InChI=1S/C29H39NO8S2Si/c1-19(31)30-23-25(38-28(40)35-21-16-12-9-13-17-21)24(37-27(39)34-20-14-10-8-11-15-20)22(36-26(23)32-5)18-33-41(6,7)29(2,3)4/h8-17,22-26H,18H2,1-7H3,(H,30,31)/t22-,23-,24-,25-,26-/m1/s1. The zero-order chi connectivity index (χ0) is 30.2. The molecular formula is C29H39NO8S2Si. The number of hydrogen-bond donors (Lipinski definition) is 1. The summed E-state index contributed by atoms with van der Waals surface area (Å²) in [5.41, 5.74) is 0. The SMILES string of the molecule is CO[C@@H]1O[C@H](CO[Si](C)(C)C(C)(C)C)[C@@H](OC(=S)Oc2ccccc2)[C@H](OC(=S)Oc2ccccc2)[C@H]1NC(C)=O. The van der Waals surface area contributed by atoms with E-state index in [9.17, 15) is 4.79 Å². The Morgan fingerprint density at radius 2 is 1.39 bits per heavy atom. The number of benzene rings is 2. The lowest BCUT2D eigenvalue weighted by Gasteiger charge is -2.46. The van der Waals surface area contributed by atoms with Crippen LogP contribution in [0.5, 0.6) is 11.5 Å². The molecule has 5 atom stereocenters. The molecule has 0 spiro atoms. The first kappa shape index (κ1) is 32.9. The van der Waals surface area contributed by atoms with Crippen molar-refractivity contribution in [3.63, 3.8) is 0 Å². The highest BCUT2D eigenvalue weighted by atomic mass is 32.1. The van der Waals surface area contributed by atoms with E-state index in [2.05, 4.69) is 39.2 Å². The van der Waals surface area contributed by atoms with Gasteiger partial charge < -0.3 is 38.2 Å². The predicted octanol–water partition coefficient (Wildman–Crippen LogP) is 5.38. The number of rotatable bonds is 9. The second-order valence-electron chi connectivity index (χ2n) is 11.1. The van der Waals surface area contributed by atoms with Crippen molar-refractivity contribution in [3.05, 3.63) is 60.7 Å². The van der Waals surface area contributed by atoms with Crippen molar-refractivity contribution in [2.45, 2.75) is 76.5 Å². The molecule has 0 saturated carbocycles. The first-order chi connectivity index (χ1) is 19.3. The van der Waals surface area contributed by atoms with Crippen molar-refractivity contribution < 1.29 is 37.6 Å². The van der Waals surface area contributed by atoms with E-state index in [-0.39, 0.29) is 28.0 Å². The fourth-order valence-electron chi connectivity index (χ4n) is 3.86. The minimum Gasteiger partial charge on any atom is -0.447 e. The third kappa shape index (κ3) is 9.45. The fourth-order valence-corrected chi connectivity index (χ4v) is 5.29. The van der Waals surface area contributed by atoms with E-state index in [1.54, 1.807) is 24.3 Å². The molecule has 1 amide bonds. The van der Waals surface area contributed by atoms with Crippen LogP contribution >= 0.6 is 24.4 Å². The topological polar surface area (TPSA) is 93.7 Å². The number of thiocarbonyl (C=S) groups is 2. The summed E-state index contributed by atoms with van der Waals surface area (Å²) in [6.07, 6.45) is -3.54. The third-order valence-electron chi connectivity index (χ3n) is 7.02. The molecule has 9 nitrogen and oxygen atoms in total. The minimum atomic E-state index is -2.20. The number of carbonyl (C=O) groups is 1. The lowest BCUT2D eigenvalue weighted by Crippen LogP contribution is -2.67. The summed E-state index contributed by atoms with van der Waals surface area (Å²) in [5.74, 6) is 0.654. The van der Waals surface area contributed by atoms with Crippen LogP contribution in [0.3, 0.4) is 0 Å². The van der Waals surface area contributed by atoms with E-state index in [4.69, 9.17) is 57.3 Å². The largest absolute Gasteiger partial charge is 0.447 e. The normalized spacial score (nSPS) is 22.8. The Labute approximate surface area is 253 Å². The summed E-state index contributed by atoms with van der Waals surface area (Å²) in [6.45, 7) is 12.2. The van der Waals surface area contributed by atoms with E-state index in [1.165, 1.54) is 14.0 Å². The van der Waals surface area contributed by atoms with E-state index in [0.29, 0.717) is 11.5 Å². The maximum absolute atomic E-state index is 12.3. The van der Waals surface area contributed by atoms with Crippen molar-refractivity contribution in [1.29, 1.82) is 0 Å². The van der Waals surface area contributed by atoms with Crippen molar-refractivity contribution in [2.24, 2.45) is 0 Å². The Kier molecular flexibility index (Phi) is 11.7. The average Bonchev–Trinajstić information content (AvgIpc) is 2.90. The number of para-hydroxylation sites is 2. The number of amides is 1. The molecule has 12 heteroatoms. The van der Waals surface area contributed by atoms with Crippen LogP contribution < -0.4 is 14.8 Å². The van der Waals surface area contributed by atoms with Crippen molar-refractivity contribution in [1.82, 2.24) is 5.32 Å². The van der Waals surface area contributed by atoms with Crippen LogP contribution in [0.2, 0.25) is 18.1 Å². The molecule has 2 aromatic carbocycles. The van der Waals surface area contributed by atoms with Crippen molar-refractivity contribution in [2.75, 3.05) is 13.7 Å². The summed E-state index contributed by atoms with van der Waals surface area (Å²) in [4.78, 5) is 12.3. The molecule has 41 heavy (non-hydrogen) atoms. The van der Waals surface area contributed by atoms with Gasteiger partial charge in [-0.05, 0) is 42.4 Å². The Morgan fingerprint density at radius 3 is 1.83 bits per heavy atom. The third-order valence-corrected chi connectivity index (χ3v) is 11.9. The molecule has 1 N–H and O–H groups in total. The highest BCUT2D eigenvalue weighted by Gasteiger charge is 2.52. The van der Waals surface area contributed by atoms with Gasteiger partial charge in [-0.1, -0.05) is 57.2 Å². The monoisotopic (exact) mass is 621 g/mol. The van der Waals surface area contributed by atoms with Crippen LogP contribution in [-0.2, 0) is 28.2 Å². The minimum absolute atomic E-state index is 0.0515. The summed E-state index contributed by atoms with van der Waals surface area (Å²) < 4.78 is 42.4. The molecule has 1 saturated heterocycles. The predicted molar refractivity (Wildman–Crippen MR) is 166 cm³/mol. The number of hydrogen-bond acceptors (Lipinski definition) is 10. The Bertz CT molecular complexity index is 1160. The molecule has 224 valence electrons. The van der Waals surface area contributed by atoms with Crippen LogP contribution in [0.4, 0.5) is 0 Å². The molecule has 0 aromatic heterocycles. The number of ether oxygens (including phenoxy) is 6. The summed E-state index contributed by atoms with van der Waals surface area (Å²) in [7, 11) is -0.724. The molecular weight excluding hydrogens is 583 g/mol. The van der Waals surface area contributed by atoms with Gasteiger partial charge in [0.1, 0.15) is 23.6 Å². The van der Waals surface area contributed by atoms with E-state index in [0.717, 1.165) is 0 Å². The Hall–Kier alpha value is -2.61. The van der Waals surface area contributed by atoms with Crippen LogP contribution in [0, 0.1) is 0 Å². The van der Waals surface area contributed by atoms with Gasteiger partial charge in [-0.3, -0.25) is 4.79 Å². The van der Waals surface area contributed by atoms with Gasteiger partial charge in [-0.25, -0.2) is 0 Å². The second-order valence-corrected chi connectivity index (χ2v) is 16.5. The molecule has 3 rings (SSSR count). The number of methoxy groups -OCH3 is 1. The summed E-state index contributed by atoms with van der Waals surface area (Å²) in [5, 5.41) is 2.45. The Morgan fingerprint density at radius 1 is 0.902 bits per heavy atom. The van der Waals surface area contributed by atoms with Gasteiger partial charge in [-0.2, -0.15) is 0 Å². The highest BCUT2D eigenvalue weighted by Crippen LogP contribution is 2.37. The second kappa shape index (κ2) is 14.5. The van der Waals surface area contributed by atoms with Gasteiger partial charge in [0.15, 0.2) is 26.8 Å². The molecule has 0 bridgehead atoms. The zero-order valence-corrected chi connectivity index (χ0v) is 27.1. The molecule has 1 aliphatic heterocycles. The lowest BCUT2D eigenvalue weighted by atomic mass is 9.96. The van der Waals surface area contributed by atoms with Gasteiger partial charge in [0, 0.05) is 38.5 Å².